The van der Waals surface area contributed by atoms with Gasteiger partial charge >= 0.3 is 0 Å². The molecule has 2 aromatic rings. The van der Waals surface area contributed by atoms with Gasteiger partial charge in [-0.1, -0.05) is 32.8 Å². The first kappa shape index (κ1) is 34.5. The molecule has 2 amide bonds. The van der Waals surface area contributed by atoms with Gasteiger partial charge in [0.2, 0.25) is 23.0 Å². The number of piperidine rings is 2. The zero-order valence-corrected chi connectivity index (χ0v) is 28.9. The van der Waals surface area contributed by atoms with Gasteiger partial charge in [0.1, 0.15) is 6.04 Å². The maximum absolute atomic E-state index is 14.0. The summed E-state index contributed by atoms with van der Waals surface area (Å²) in [6.45, 7) is 8.54. The Morgan fingerprint density at radius 2 is 1.74 bits per heavy atom. The maximum Gasteiger partial charge on any atom is 0.242 e. The molecule has 0 unspecified atom stereocenters. The van der Waals surface area contributed by atoms with Crippen LogP contribution in [0.15, 0.2) is 29.1 Å². The van der Waals surface area contributed by atoms with Crippen molar-refractivity contribution in [2.24, 2.45) is 11.8 Å². The van der Waals surface area contributed by atoms with Gasteiger partial charge in [0.25, 0.3) is 0 Å². The van der Waals surface area contributed by atoms with E-state index in [9.17, 15) is 14.4 Å². The third-order valence-electron chi connectivity index (χ3n) is 10.5. The number of methoxy groups -OCH3 is 3. The first-order valence-corrected chi connectivity index (χ1v) is 17.3. The number of benzene rings is 1. The molecule has 2 aliphatic heterocycles. The van der Waals surface area contributed by atoms with Crippen molar-refractivity contribution in [1.29, 1.82) is 0 Å². The van der Waals surface area contributed by atoms with Crippen molar-refractivity contribution in [3.63, 3.8) is 0 Å². The van der Waals surface area contributed by atoms with Gasteiger partial charge in [-0.3, -0.25) is 14.4 Å². The van der Waals surface area contributed by atoms with Gasteiger partial charge in [0, 0.05) is 25.1 Å². The van der Waals surface area contributed by atoms with Crippen molar-refractivity contribution in [1.82, 2.24) is 15.5 Å². The highest BCUT2D eigenvalue weighted by atomic mass is 16.5. The fraction of sp³-hybridized carbons (Fsp3) is 0.595. The normalized spacial score (nSPS) is 21.9. The first-order valence-electron chi connectivity index (χ1n) is 17.3. The van der Waals surface area contributed by atoms with E-state index in [1.165, 1.54) is 32.6 Å². The molecule has 0 spiro atoms. The number of aryl methyl sites for hydroxylation is 1. The molecule has 2 aromatic carbocycles. The van der Waals surface area contributed by atoms with E-state index in [1.54, 1.807) is 33.5 Å². The summed E-state index contributed by atoms with van der Waals surface area (Å²) in [5, 5.41) is 9.68. The molecule has 10 heteroatoms. The van der Waals surface area contributed by atoms with Crippen molar-refractivity contribution in [2.75, 3.05) is 46.3 Å². The number of amides is 2. The Kier molecular flexibility index (Phi) is 11.3. The Bertz CT molecular complexity index is 1510. The quantitative estimate of drug-likeness (QED) is 0.309. The van der Waals surface area contributed by atoms with Gasteiger partial charge < -0.3 is 35.1 Å². The van der Waals surface area contributed by atoms with E-state index in [4.69, 9.17) is 14.2 Å². The number of anilines is 1. The summed E-state index contributed by atoms with van der Waals surface area (Å²) in [5.41, 5.74) is 3.25. The van der Waals surface area contributed by atoms with Crippen LogP contribution in [0.25, 0.3) is 11.1 Å². The van der Waals surface area contributed by atoms with Crippen LogP contribution in [-0.2, 0) is 16.0 Å². The third kappa shape index (κ3) is 7.37. The van der Waals surface area contributed by atoms with E-state index >= 15 is 0 Å². The molecule has 3 aliphatic rings. The van der Waals surface area contributed by atoms with Gasteiger partial charge in [0.15, 0.2) is 11.5 Å². The van der Waals surface area contributed by atoms with Gasteiger partial charge in [-0.05, 0) is 98.3 Å². The summed E-state index contributed by atoms with van der Waals surface area (Å²) in [7, 11) is 4.73. The molecule has 47 heavy (non-hydrogen) atoms. The number of nitrogens with zero attached hydrogens (tertiary/aromatic N) is 1. The van der Waals surface area contributed by atoms with Crippen LogP contribution < -0.4 is 35.6 Å². The Labute approximate surface area is 278 Å². The molecule has 0 bridgehead atoms. The summed E-state index contributed by atoms with van der Waals surface area (Å²) >= 11 is 0. The predicted octanol–water partition coefficient (Wildman–Crippen LogP) is 5.07. The van der Waals surface area contributed by atoms with E-state index in [1.807, 2.05) is 19.1 Å². The summed E-state index contributed by atoms with van der Waals surface area (Å²) in [6, 6.07) is 6.71. The molecule has 2 heterocycles. The van der Waals surface area contributed by atoms with E-state index in [0.717, 1.165) is 42.6 Å². The molecule has 0 aromatic heterocycles. The minimum absolute atomic E-state index is 0.0139. The molecule has 2 saturated heterocycles. The zero-order chi connectivity index (χ0) is 33.7. The summed E-state index contributed by atoms with van der Waals surface area (Å²) in [4.78, 5) is 42.7. The van der Waals surface area contributed by atoms with Crippen LogP contribution in [0.3, 0.4) is 0 Å². The monoisotopic (exact) mass is 648 g/mol. The average molecular weight is 649 g/mol. The Balaban J connectivity index is 1.50. The van der Waals surface area contributed by atoms with Crippen molar-refractivity contribution < 1.29 is 23.8 Å². The van der Waals surface area contributed by atoms with E-state index < -0.39 is 12.1 Å². The summed E-state index contributed by atoms with van der Waals surface area (Å²) in [5.74, 6) is 1.65. The summed E-state index contributed by atoms with van der Waals surface area (Å²) in [6.07, 6.45) is 7.97. The van der Waals surface area contributed by atoms with Crippen molar-refractivity contribution in [3.05, 3.63) is 45.6 Å². The molecule has 0 radical (unpaired) electrons. The molecule has 256 valence electrons. The van der Waals surface area contributed by atoms with Crippen molar-refractivity contribution >= 4 is 17.5 Å². The Morgan fingerprint density at radius 3 is 2.45 bits per heavy atom. The zero-order valence-electron chi connectivity index (χ0n) is 28.9. The van der Waals surface area contributed by atoms with Gasteiger partial charge in [-0.2, -0.15) is 0 Å². The minimum Gasteiger partial charge on any atom is -0.493 e. The van der Waals surface area contributed by atoms with Gasteiger partial charge in [-0.25, -0.2) is 0 Å². The van der Waals surface area contributed by atoms with Crippen LogP contribution in [0.2, 0.25) is 0 Å². The van der Waals surface area contributed by atoms with Crippen LogP contribution in [0.5, 0.6) is 17.2 Å². The SMILES string of the molecule is CC[C@H](C)[C@@H](Nc1ccc2c(cc1=O)[C@H](NC(C)=O)CCc1cc(OC)c(OC)c(OC)c1-2)C(=O)NC[C@H]1CCCN2CCCC[C@@H]12. The Morgan fingerprint density at radius 1 is 0.979 bits per heavy atom. The largest absolute Gasteiger partial charge is 0.493 e. The second-order valence-electron chi connectivity index (χ2n) is 13.3. The van der Waals surface area contributed by atoms with Crippen LogP contribution in [-0.4, -0.2) is 69.8 Å². The molecule has 10 nitrogen and oxygen atoms in total. The highest BCUT2D eigenvalue weighted by molar-refractivity contribution is 5.86. The topological polar surface area (TPSA) is 118 Å². The number of carbonyl (C=O) groups excluding carboxylic acids is 2. The van der Waals surface area contributed by atoms with Crippen molar-refractivity contribution in [3.8, 4) is 28.4 Å². The second-order valence-corrected chi connectivity index (χ2v) is 13.3. The van der Waals surface area contributed by atoms with Crippen LogP contribution in [0.1, 0.15) is 82.9 Å². The van der Waals surface area contributed by atoms with Crippen LogP contribution >= 0.6 is 0 Å². The number of rotatable bonds is 11. The highest BCUT2D eigenvalue weighted by Gasteiger charge is 2.34. The smallest absolute Gasteiger partial charge is 0.242 e. The number of hydrogen-bond donors (Lipinski definition) is 3. The number of fused-ring (bicyclic) bond motifs is 4. The maximum atomic E-state index is 14.0. The Hall–Kier alpha value is -3.79. The number of carbonyl (C=O) groups is 2. The molecular weight excluding hydrogens is 596 g/mol. The number of ether oxygens (including phenoxy) is 3. The average Bonchev–Trinajstić information content (AvgIpc) is 3.32. The van der Waals surface area contributed by atoms with Gasteiger partial charge in [-0.15, -0.1) is 0 Å². The molecule has 5 atom stereocenters. The van der Waals surface area contributed by atoms with Gasteiger partial charge in [0.05, 0.1) is 33.1 Å². The number of nitrogens with one attached hydrogen (secondary N) is 3. The lowest BCUT2D eigenvalue weighted by molar-refractivity contribution is -0.123. The predicted molar refractivity (Wildman–Crippen MR) is 184 cm³/mol. The number of hydrogen-bond acceptors (Lipinski definition) is 8. The fourth-order valence-corrected chi connectivity index (χ4v) is 7.85. The lowest BCUT2D eigenvalue weighted by atomic mass is 9.83. The fourth-order valence-electron chi connectivity index (χ4n) is 7.85. The molecule has 0 saturated carbocycles. The third-order valence-corrected chi connectivity index (χ3v) is 10.5. The van der Waals surface area contributed by atoms with Crippen LogP contribution in [0, 0.1) is 11.8 Å². The van der Waals surface area contributed by atoms with E-state index in [0.29, 0.717) is 59.8 Å². The minimum atomic E-state index is -0.585. The lowest BCUT2D eigenvalue weighted by Crippen LogP contribution is -2.52. The molecule has 2 fully saturated rings. The lowest BCUT2D eigenvalue weighted by Gasteiger charge is -2.44. The molecule has 1 aliphatic carbocycles. The highest BCUT2D eigenvalue weighted by Crippen LogP contribution is 2.50. The summed E-state index contributed by atoms with van der Waals surface area (Å²) < 4.78 is 17.3. The molecular formula is C37H52N4O6. The standard InChI is InChI=1S/C37H52N4O6/c1-7-22(2)34(37(44)38-21-25-11-10-18-41-17-9-8-12-30(25)41)40-29-16-14-26-27(20-31(29)43)28(39-23(3)42)15-13-24-19-32(45-4)35(46-5)36(47-6)33(24)26/h14,16,19-20,22,25,28,30,34H,7-13,15,17-18,21H2,1-6H3,(H,38,44)(H,39,42)(H,40,43)/t22-,25+,28+,30-,34+/m0/s1. The first-order chi connectivity index (χ1) is 22.7. The molecule has 3 N–H and O–H groups in total. The van der Waals surface area contributed by atoms with Crippen LogP contribution in [0.4, 0.5) is 5.69 Å². The van der Waals surface area contributed by atoms with E-state index in [2.05, 4.69) is 27.8 Å². The molecule has 5 rings (SSSR count). The van der Waals surface area contributed by atoms with E-state index in [-0.39, 0.29) is 23.2 Å². The second kappa shape index (κ2) is 15.4. The van der Waals surface area contributed by atoms with Crippen molar-refractivity contribution in [2.45, 2.75) is 90.3 Å².